The van der Waals surface area contributed by atoms with Gasteiger partial charge in [0.05, 0.1) is 33.2 Å². The van der Waals surface area contributed by atoms with Crippen LogP contribution in [0.1, 0.15) is 10.4 Å². The molecule has 0 N–H and O–H groups in total. The predicted octanol–water partition coefficient (Wildman–Crippen LogP) is 2.59. The fourth-order valence-corrected chi connectivity index (χ4v) is 5.22. The van der Waals surface area contributed by atoms with Crippen molar-refractivity contribution in [2.45, 2.75) is 4.90 Å². The number of fused-ring (bicyclic) bond motifs is 1. The van der Waals surface area contributed by atoms with E-state index in [1.165, 1.54) is 41.7 Å². The molecule has 1 fully saturated rings. The summed E-state index contributed by atoms with van der Waals surface area (Å²) in [5, 5.41) is 11.4. The number of hydrogen-bond acceptors (Lipinski definition) is 9. The number of rotatable bonds is 7. The highest BCUT2D eigenvalue weighted by Crippen LogP contribution is 2.31. The standard InChI is InChI=1S/C21H22N4O6S2/c1-33(29,30)17-6-7-18-19(14-17)32-21(22-18)24(9-8-23-10-12-31-13-11-23)20(26)15-2-4-16(5-3-15)25(27)28/h2-7,14H,8-13H2,1H3. The number of sulfone groups is 1. The van der Waals surface area contributed by atoms with E-state index >= 15 is 0 Å². The number of morpholine rings is 1. The lowest BCUT2D eigenvalue weighted by molar-refractivity contribution is -0.384. The first-order chi connectivity index (χ1) is 15.7. The van der Waals surface area contributed by atoms with Crippen molar-refractivity contribution in [3.8, 4) is 0 Å². The van der Waals surface area contributed by atoms with Gasteiger partial charge in [0.2, 0.25) is 0 Å². The van der Waals surface area contributed by atoms with Crippen molar-refractivity contribution in [2.75, 3.05) is 50.5 Å². The van der Waals surface area contributed by atoms with Crippen LogP contribution in [0.15, 0.2) is 47.4 Å². The number of ether oxygens (including phenoxy) is 1. The van der Waals surface area contributed by atoms with E-state index in [1.54, 1.807) is 17.0 Å². The van der Waals surface area contributed by atoms with Gasteiger partial charge in [0.25, 0.3) is 11.6 Å². The average molecular weight is 491 g/mol. The summed E-state index contributed by atoms with van der Waals surface area (Å²) in [6.07, 6.45) is 1.14. The molecule has 1 amide bonds. The molecule has 12 heteroatoms. The zero-order valence-corrected chi connectivity index (χ0v) is 19.5. The maximum absolute atomic E-state index is 13.4. The minimum absolute atomic E-state index is 0.0975. The number of carbonyl (C=O) groups excluding carboxylic acids is 1. The summed E-state index contributed by atoms with van der Waals surface area (Å²) in [6.45, 7) is 3.74. The molecule has 174 valence electrons. The number of aromatic nitrogens is 1. The highest BCUT2D eigenvalue weighted by molar-refractivity contribution is 7.90. The van der Waals surface area contributed by atoms with Crippen LogP contribution in [0.4, 0.5) is 10.8 Å². The van der Waals surface area contributed by atoms with Gasteiger partial charge in [0.1, 0.15) is 0 Å². The lowest BCUT2D eigenvalue weighted by Crippen LogP contribution is -2.43. The second kappa shape index (κ2) is 9.51. The summed E-state index contributed by atoms with van der Waals surface area (Å²) in [7, 11) is -3.38. The number of anilines is 1. The van der Waals surface area contributed by atoms with Crippen LogP contribution in [0.2, 0.25) is 0 Å². The highest BCUT2D eigenvalue weighted by atomic mass is 32.2. The van der Waals surface area contributed by atoms with Crippen molar-refractivity contribution >= 4 is 48.1 Å². The van der Waals surface area contributed by atoms with Gasteiger partial charge in [0.15, 0.2) is 15.0 Å². The van der Waals surface area contributed by atoms with E-state index in [0.29, 0.717) is 47.2 Å². The van der Waals surface area contributed by atoms with Crippen molar-refractivity contribution in [2.24, 2.45) is 0 Å². The van der Waals surface area contributed by atoms with Crippen LogP contribution in [0.5, 0.6) is 0 Å². The van der Waals surface area contributed by atoms with E-state index < -0.39 is 14.8 Å². The van der Waals surface area contributed by atoms with E-state index in [2.05, 4.69) is 9.88 Å². The molecule has 0 bridgehead atoms. The quantitative estimate of drug-likeness (QED) is 0.366. The van der Waals surface area contributed by atoms with Crippen LogP contribution in [0.3, 0.4) is 0 Å². The Morgan fingerprint density at radius 1 is 1.21 bits per heavy atom. The Labute approximate surface area is 194 Å². The third-order valence-electron chi connectivity index (χ3n) is 5.32. The van der Waals surface area contributed by atoms with Gasteiger partial charge < -0.3 is 4.74 Å². The molecule has 0 unspecified atom stereocenters. The Morgan fingerprint density at radius 2 is 1.91 bits per heavy atom. The average Bonchev–Trinajstić information content (AvgIpc) is 3.22. The summed E-state index contributed by atoms with van der Waals surface area (Å²) in [6, 6.07) is 10.1. The maximum Gasteiger partial charge on any atom is 0.269 e. The number of nitrogens with zero attached hydrogens (tertiary/aromatic N) is 4. The topological polar surface area (TPSA) is 123 Å². The molecule has 0 aliphatic carbocycles. The van der Waals surface area contributed by atoms with Gasteiger partial charge in [-0.1, -0.05) is 11.3 Å². The van der Waals surface area contributed by atoms with Crippen LogP contribution < -0.4 is 4.90 Å². The zero-order chi connectivity index (χ0) is 23.6. The second-order valence-electron chi connectivity index (χ2n) is 7.61. The fraction of sp³-hybridized carbons (Fsp3) is 0.333. The van der Waals surface area contributed by atoms with Gasteiger partial charge in [-0.3, -0.25) is 24.7 Å². The summed E-state index contributed by atoms with van der Waals surface area (Å²) >= 11 is 1.23. The van der Waals surface area contributed by atoms with Crippen molar-refractivity contribution < 1.29 is 22.9 Å². The number of amides is 1. The van der Waals surface area contributed by atoms with Crippen molar-refractivity contribution in [3.05, 3.63) is 58.1 Å². The first-order valence-electron chi connectivity index (χ1n) is 10.2. The molecule has 1 aromatic heterocycles. The molecule has 33 heavy (non-hydrogen) atoms. The molecule has 0 saturated carbocycles. The maximum atomic E-state index is 13.4. The molecule has 2 aromatic carbocycles. The number of benzene rings is 2. The number of carbonyl (C=O) groups is 1. The van der Waals surface area contributed by atoms with Gasteiger partial charge in [-0.25, -0.2) is 13.4 Å². The Kier molecular flexibility index (Phi) is 6.70. The number of nitro benzene ring substituents is 1. The number of hydrogen-bond donors (Lipinski definition) is 0. The molecule has 1 aliphatic rings. The number of non-ortho nitro benzene ring substituents is 1. The minimum Gasteiger partial charge on any atom is -0.379 e. The molecule has 3 aromatic rings. The zero-order valence-electron chi connectivity index (χ0n) is 17.8. The van der Waals surface area contributed by atoms with Crippen molar-refractivity contribution in [3.63, 3.8) is 0 Å². The third kappa shape index (κ3) is 5.36. The molecule has 0 radical (unpaired) electrons. The lowest BCUT2D eigenvalue weighted by atomic mass is 10.2. The summed E-state index contributed by atoms with van der Waals surface area (Å²) in [5.74, 6) is -0.333. The van der Waals surface area contributed by atoms with Crippen LogP contribution in [-0.2, 0) is 14.6 Å². The number of nitro groups is 1. The van der Waals surface area contributed by atoms with Gasteiger partial charge in [0, 0.05) is 50.1 Å². The van der Waals surface area contributed by atoms with Crippen LogP contribution >= 0.6 is 11.3 Å². The van der Waals surface area contributed by atoms with Gasteiger partial charge >= 0.3 is 0 Å². The molecule has 4 rings (SSSR count). The smallest absolute Gasteiger partial charge is 0.269 e. The summed E-state index contributed by atoms with van der Waals surface area (Å²) in [5.41, 5.74) is 0.800. The van der Waals surface area contributed by atoms with Crippen molar-refractivity contribution in [1.29, 1.82) is 0 Å². The van der Waals surface area contributed by atoms with E-state index in [1.807, 2.05) is 0 Å². The number of thiazole rings is 1. The van der Waals surface area contributed by atoms with Gasteiger partial charge in [-0.05, 0) is 30.3 Å². The SMILES string of the molecule is CS(=O)(=O)c1ccc2nc(N(CCN3CCOCC3)C(=O)c3ccc([N+](=O)[O-])cc3)sc2c1. The van der Waals surface area contributed by atoms with E-state index in [0.717, 1.165) is 19.3 Å². The Hall–Kier alpha value is -2.93. The molecule has 1 saturated heterocycles. The monoisotopic (exact) mass is 490 g/mol. The second-order valence-corrected chi connectivity index (χ2v) is 10.6. The van der Waals surface area contributed by atoms with Crippen molar-refractivity contribution in [1.82, 2.24) is 9.88 Å². The van der Waals surface area contributed by atoms with Gasteiger partial charge in [-0.2, -0.15) is 0 Å². The van der Waals surface area contributed by atoms with Crippen LogP contribution in [-0.4, -0.2) is 74.8 Å². The fourth-order valence-electron chi connectivity index (χ4n) is 3.47. The minimum atomic E-state index is -3.38. The van der Waals surface area contributed by atoms with Crippen LogP contribution in [0.25, 0.3) is 10.2 Å². The third-order valence-corrected chi connectivity index (χ3v) is 7.47. The summed E-state index contributed by atoms with van der Waals surface area (Å²) in [4.78, 5) is 32.3. The molecular weight excluding hydrogens is 468 g/mol. The molecule has 1 aliphatic heterocycles. The Bertz CT molecular complexity index is 1280. The predicted molar refractivity (Wildman–Crippen MR) is 125 cm³/mol. The molecule has 10 nitrogen and oxygen atoms in total. The summed E-state index contributed by atoms with van der Waals surface area (Å²) < 4.78 is 29.9. The lowest BCUT2D eigenvalue weighted by Gasteiger charge is -2.29. The Balaban J connectivity index is 1.66. The van der Waals surface area contributed by atoms with E-state index in [-0.39, 0.29) is 16.5 Å². The van der Waals surface area contributed by atoms with E-state index in [9.17, 15) is 23.3 Å². The highest BCUT2D eigenvalue weighted by Gasteiger charge is 2.24. The van der Waals surface area contributed by atoms with Gasteiger partial charge in [-0.15, -0.1) is 0 Å². The normalized spacial score (nSPS) is 14.9. The first kappa shape index (κ1) is 23.2. The van der Waals surface area contributed by atoms with Crippen LogP contribution in [0, 0.1) is 10.1 Å². The van der Waals surface area contributed by atoms with E-state index in [4.69, 9.17) is 4.74 Å². The Morgan fingerprint density at radius 3 is 2.55 bits per heavy atom. The molecule has 0 atom stereocenters. The largest absolute Gasteiger partial charge is 0.379 e. The molecule has 2 heterocycles. The molecular formula is C21H22N4O6S2. The molecule has 0 spiro atoms. The first-order valence-corrected chi connectivity index (χ1v) is 12.9.